The topological polar surface area (TPSA) is 32.3 Å². The van der Waals surface area contributed by atoms with Crippen LogP contribution in [0.2, 0.25) is 0 Å². The van der Waals surface area contributed by atoms with Crippen molar-refractivity contribution in [2.45, 2.75) is 31.0 Å². The van der Waals surface area contributed by atoms with Crippen LogP contribution in [0, 0.1) is 6.92 Å². The van der Waals surface area contributed by atoms with Crippen molar-refractivity contribution in [2.75, 3.05) is 17.7 Å². The summed E-state index contributed by atoms with van der Waals surface area (Å²) in [4.78, 5) is 0. The van der Waals surface area contributed by atoms with Crippen LogP contribution in [0.15, 0.2) is 18.2 Å². The Morgan fingerprint density at radius 3 is 2.00 bits per heavy atom. The van der Waals surface area contributed by atoms with Gasteiger partial charge in [0.05, 0.1) is 12.0 Å². The van der Waals surface area contributed by atoms with Gasteiger partial charge >= 0.3 is 18.0 Å². The SMILES string of the molecule is Cc1cc(C(F)(C(F)(F)F)C(F)(F)F)ccc1NCC(O)CCl. The summed E-state index contributed by atoms with van der Waals surface area (Å²) in [6.45, 7) is 1.15. The molecule has 1 aromatic carbocycles. The molecule has 0 amide bonds. The van der Waals surface area contributed by atoms with Crippen molar-refractivity contribution in [1.29, 1.82) is 0 Å². The highest BCUT2D eigenvalue weighted by Gasteiger charge is 2.73. The molecule has 1 atom stereocenters. The van der Waals surface area contributed by atoms with Crippen LogP contribution in [-0.4, -0.2) is 36.0 Å². The predicted octanol–water partition coefficient (Wildman–Crippen LogP) is 4.30. The van der Waals surface area contributed by atoms with E-state index in [4.69, 9.17) is 11.6 Å². The lowest BCUT2D eigenvalue weighted by Crippen LogP contribution is -2.50. The third-order valence-corrected chi connectivity index (χ3v) is 3.47. The van der Waals surface area contributed by atoms with Gasteiger partial charge < -0.3 is 10.4 Å². The lowest BCUT2D eigenvalue weighted by atomic mass is 9.92. The molecule has 10 heteroatoms. The first-order valence-corrected chi connectivity index (χ1v) is 6.79. The lowest BCUT2D eigenvalue weighted by Gasteiger charge is -2.30. The summed E-state index contributed by atoms with van der Waals surface area (Å²) in [5.41, 5.74) is -6.90. The minimum atomic E-state index is -6.15. The maximum absolute atomic E-state index is 13.9. The Morgan fingerprint density at radius 1 is 1.09 bits per heavy atom. The molecule has 2 N–H and O–H groups in total. The summed E-state index contributed by atoms with van der Waals surface area (Å²) < 4.78 is 89.8. The first-order valence-electron chi connectivity index (χ1n) is 6.26. The summed E-state index contributed by atoms with van der Waals surface area (Å²) in [6, 6.07) is 1.76. The van der Waals surface area contributed by atoms with Gasteiger partial charge in [-0.3, -0.25) is 0 Å². The molecule has 1 rings (SSSR count). The van der Waals surface area contributed by atoms with Gasteiger partial charge in [-0.2, -0.15) is 26.3 Å². The number of alkyl halides is 8. The van der Waals surface area contributed by atoms with Gasteiger partial charge in [-0.1, -0.05) is 12.1 Å². The second-order valence-corrected chi connectivity index (χ2v) is 5.18. The van der Waals surface area contributed by atoms with Crippen LogP contribution in [-0.2, 0) is 5.67 Å². The number of benzene rings is 1. The zero-order valence-corrected chi connectivity index (χ0v) is 12.5. The fraction of sp³-hybridized carbons (Fsp3) is 0.538. The molecule has 0 radical (unpaired) electrons. The highest BCUT2D eigenvalue weighted by atomic mass is 35.5. The summed E-state index contributed by atoms with van der Waals surface area (Å²) in [7, 11) is 0. The number of rotatable bonds is 5. The molecule has 0 fully saturated rings. The van der Waals surface area contributed by atoms with Gasteiger partial charge in [0.15, 0.2) is 0 Å². The Labute approximate surface area is 132 Å². The van der Waals surface area contributed by atoms with E-state index in [2.05, 4.69) is 5.32 Å². The Bertz CT molecular complexity index is 530. The Morgan fingerprint density at radius 2 is 1.61 bits per heavy atom. The van der Waals surface area contributed by atoms with E-state index in [9.17, 15) is 35.8 Å². The molecule has 23 heavy (non-hydrogen) atoms. The summed E-state index contributed by atoms with van der Waals surface area (Å²) in [5.74, 6) is -0.111. The summed E-state index contributed by atoms with van der Waals surface area (Å²) in [5, 5.41) is 11.9. The van der Waals surface area contributed by atoms with Gasteiger partial charge in [0.1, 0.15) is 0 Å². The van der Waals surface area contributed by atoms with Gasteiger partial charge in [0.2, 0.25) is 0 Å². The van der Waals surface area contributed by atoms with E-state index >= 15 is 0 Å². The van der Waals surface area contributed by atoms with Crippen LogP contribution < -0.4 is 5.32 Å². The standard InChI is InChI=1S/C13H13ClF7NO/c1-7-4-8(2-3-10(7)22-6-9(23)5-14)11(15,12(16,17)18)13(19,20)21/h2-4,9,22-23H,5-6H2,1H3. The van der Waals surface area contributed by atoms with E-state index in [1.807, 2.05) is 0 Å². The average molecular weight is 368 g/mol. The largest absolute Gasteiger partial charge is 0.435 e. The van der Waals surface area contributed by atoms with E-state index in [-0.39, 0.29) is 23.7 Å². The molecule has 132 valence electrons. The molecular formula is C13H13ClF7NO. The molecule has 0 aliphatic carbocycles. The normalized spacial score (nSPS) is 14.7. The fourth-order valence-corrected chi connectivity index (χ4v) is 1.96. The highest BCUT2D eigenvalue weighted by molar-refractivity contribution is 6.18. The van der Waals surface area contributed by atoms with Crippen LogP contribution >= 0.6 is 11.6 Å². The first kappa shape index (κ1) is 19.8. The number of nitrogens with one attached hydrogen (secondary N) is 1. The minimum absolute atomic E-state index is 0.0419. The molecule has 1 unspecified atom stereocenters. The van der Waals surface area contributed by atoms with E-state index in [0.29, 0.717) is 12.1 Å². The van der Waals surface area contributed by atoms with E-state index in [1.165, 1.54) is 6.92 Å². The number of hydrogen-bond acceptors (Lipinski definition) is 2. The Hall–Kier alpha value is -1.22. The molecule has 0 heterocycles. The number of hydrogen-bond donors (Lipinski definition) is 2. The number of anilines is 1. The molecule has 2 nitrogen and oxygen atoms in total. The van der Waals surface area contributed by atoms with Gasteiger partial charge in [-0.25, -0.2) is 4.39 Å². The van der Waals surface area contributed by atoms with Crippen molar-refractivity contribution in [3.05, 3.63) is 29.3 Å². The average Bonchev–Trinajstić information content (AvgIpc) is 2.42. The van der Waals surface area contributed by atoms with Crippen LogP contribution in [0.1, 0.15) is 11.1 Å². The number of aliphatic hydroxyl groups is 1. The third-order valence-electron chi connectivity index (χ3n) is 3.11. The fourth-order valence-electron chi connectivity index (χ4n) is 1.85. The van der Waals surface area contributed by atoms with Crippen LogP contribution in [0.3, 0.4) is 0 Å². The number of aryl methyl sites for hydroxylation is 1. The maximum Gasteiger partial charge on any atom is 0.435 e. The highest BCUT2D eigenvalue weighted by Crippen LogP contribution is 2.53. The van der Waals surface area contributed by atoms with E-state index in [1.54, 1.807) is 0 Å². The molecule has 0 aliphatic heterocycles. The van der Waals surface area contributed by atoms with Crippen molar-refractivity contribution in [1.82, 2.24) is 0 Å². The lowest BCUT2D eigenvalue weighted by molar-refractivity contribution is -0.348. The quantitative estimate of drug-likeness (QED) is 0.601. The number of halogens is 8. The molecule has 0 aliphatic rings. The van der Waals surface area contributed by atoms with Crippen molar-refractivity contribution in [3.63, 3.8) is 0 Å². The first-order chi connectivity index (χ1) is 10.3. The molecule has 0 bridgehead atoms. The molecule has 0 spiro atoms. The smallest absolute Gasteiger partial charge is 0.390 e. The maximum atomic E-state index is 13.9. The van der Waals surface area contributed by atoms with Gasteiger partial charge in [-0.15, -0.1) is 11.6 Å². The monoisotopic (exact) mass is 367 g/mol. The van der Waals surface area contributed by atoms with Crippen LogP contribution in [0.5, 0.6) is 0 Å². The second-order valence-electron chi connectivity index (χ2n) is 4.87. The third kappa shape index (κ3) is 4.00. The van der Waals surface area contributed by atoms with E-state index in [0.717, 1.165) is 6.07 Å². The minimum Gasteiger partial charge on any atom is -0.390 e. The second kappa shape index (κ2) is 6.72. The van der Waals surface area contributed by atoms with Crippen molar-refractivity contribution in [2.24, 2.45) is 0 Å². The molecular weight excluding hydrogens is 355 g/mol. The van der Waals surface area contributed by atoms with Crippen LogP contribution in [0.4, 0.5) is 36.4 Å². The van der Waals surface area contributed by atoms with E-state index < -0.39 is 29.7 Å². The number of aliphatic hydroxyl groups excluding tert-OH is 1. The zero-order chi connectivity index (χ0) is 18.1. The summed E-state index contributed by atoms with van der Waals surface area (Å²) >= 11 is 5.35. The summed E-state index contributed by atoms with van der Waals surface area (Å²) in [6.07, 6.45) is -13.3. The van der Waals surface area contributed by atoms with Gasteiger partial charge in [0, 0.05) is 17.8 Å². The Balaban J connectivity index is 3.21. The van der Waals surface area contributed by atoms with Gasteiger partial charge in [-0.05, 0) is 18.6 Å². The zero-order valence-electron chi connectivity index (χ0n) is 11.7. The molecule has 0 saturated heterocycles. The van der Waals surface area contributed by atoms with Crippen molar-refractivity contribution < 1.29 is 35.8 Å². The molecule has 0 saturated carbocycles. The Kier molecular flexibility index (Phi) is 5.79. The molecule has 0 aromatic heterocycles. The molecule has 1 aromatic rings. The van der Waals surface area contributed by atoms with Gasteiger partial charge in [0.25, 0.3) is 0 Å². The van der Waals surface area contributed by atoms with Crippen molar-refractivity contribution in [3.8, 4) is 0 Å². The predicted molar refractivity (Wildman–Crippen MR) is 71.3 cm³/mol. The van der Waals surface area contributed by atoms with Crippen LogP contribution in [0.25, 0.3) is 0 Å². The van der Waals surface area contributed by atoms with Crippen molar-refractivity contribution >= 4 is 17.3 Å².